The van der Waals surface area contributed by atoms with E-state index in [1.165, 1.54) is 17.1 Å². The van der Waals surface area contributed by atoms with E-state index in [9.17, 15) is 14.4 Å². The van der Waals surface area contributed by atoms with Crippen LogP contribution < -0.4 is 0 Å². The molecule has 0 aliphatic rings. The van der Waals surface area contributed by atoms with Gasteiger partial charge in [0, 0.05) is 18.5 Å². The summed E-state index contributed by atoms with van der Waals surface area (Å²) >= 11 is 0. The lowest BCUT2D eigenvalue weighted by Crippen LogP contribution is -2.34. The van der Waals surface area contributed by atoms with Gasteiger partial charge in [0.25, 0.3) is 0 Å². The van der Waals surface area contributed by atoms with E-state index in [2.05, 4.69) is 19.7 Å². The zero-order chi connectivity index (χ0) is 16.3. The van der Waals surface area contributed by atoms with Crippen molar-refractivity contribution in [1.29, 1.82) is 0 Å². The number of amides is 1. The van der Waals surface area contributed by atoms with E-state index in [0.29, 0.717) is 37.9 Å². The number of carbonyl (C=O) groups excluding carboxylic acids is 3. The second-order valence-corrected chi connectivity index (χ2v) is 4.57. The minimum atomic E-state index is -0.474. The number of esters is 1. The van der Waals surface area contributed by atoms with E-state index in [1.54, 1.807) is 6.92 Å². The predicted molar refractivity (Wildman–Crippen MR) is 81.6 cm³/mol. The molecule has 0 saturated carbocycles. The van der Waals surface area contributed by atoms with Crippen molar-refractivity contribution >= 4 is 17.7 Å². The molecule has 0 aliphatic carbocycles. The van der Waals surface area contributed by atoms with Crippen molar-refractivity contribution in [2.45, 2.75) is 26.2 Å². The lowest BCUT2D eigenvalue weighted by Gasteiger charge is -2.21. The first-order valence-corrected chi connectivity index (χ1v) is 6.81. The SMILES string of the molecule is C=CC(=O)CCCCN(CCOC(=O)C(=C)C)C(=O)C=C. The van der Waals surface area contributed by atoms with Crippen molar-refractivity contribution in [2.24, 2.45) is 0 Å². The quantitative estimate of drug-likeness (QED) is 0.332. The van der Waals surface area contributed by atoms with Gasteiger partial charge >= 0.3 is 5.97 Å². The van der Waals surface area contributed by atoms with E-state index in [4.69, 9.17) is 4.74 Å². The maximum atomic E-state index is 11.7. The molecular formula is C16H23NO4. The zero-order valence-electron chi connectivity index (χ0n) is 12.6. The van der Waals surface area contributed by atoms with Gasteiger partial charge in [-0.15, -0.1) is 0 Å². The van der Waals surface area contributed by atoms with Crippen LogP contribution in [0, 0.1) is 0 Å². The molecule has 5 heteroatoms. The van der Waals surface area contributed by atoms with Crippen LogP contribution in [0.15, 0.2) is 37.5 Å². The summed E-state index contributed by atoms with van der Waals surface area (Å²) in [7, 11) is 0. The second-order valence-electron chi connectivity index (χ2n) is 4.57. The van der Waals surface area contributed by atoms with Gasteiger partial charge in [-0.1, -0.05) is 19.7 Å². The van der Waals surface area contributed by atoms with Crippen molar-refractivity contribution in [3.63, 3.8) is 0 Å². The Bertz CT molecular complexity index is 426. The Kier molecular flexibility index (Phi) is 9.50. The van der Waals surface area contributed by atoms with E-state index in [0.717, 1.165) is 0 Å². The first-order chi connectivity index (χ1) is 9.92. The van der Waals surface area contributed by atoms with E-state index in [1.807, 2.05) is 0 Å². The first-order valence-electron chi connectivity index (χ1n) is 6.81. The van der Waals surface area contributed by atoms with Gasteiger partial charge in [0.05, 0.1) is 6.54 Å². The van der Waals surface area contributed by atoms with E-state index >= 15 is 0 Å². The highest BCUT2D eigenvalue weighted by molar-refractivity contribution is 5.89. The van der Waals surface area contributed by atoms with Gasteiger partial charge in [-0.3, -0.25) is 9.59 Å². The molecular weight excluding hydrogens is 270 g/mol. The summed E-state index contributed by atoms with van der Waals surface area (Å²) in [5.74, 6) is -0.707. The fourth-order valence-electron chi connectivity index (χ4n) is 1.54. The third kappa shape index (κ3) is 8.57. The number of carbonyl (C=O) groups is 3. The van der Waals surface area contributed by atoms with Gasteiger partial charge in [0.15, 0.2) is 5.78 Å². The number of nitrogens with zero attached hydrogens (tertiary/aromatic N) is 1. The maximum Gasteiger partial charge on any atom is 0.333 e. The number of rotatable bonds is 11. The van der Waals surface area contributed by atoms with Gasteiger partial charge in [0.1, 0.15) is 6.61 Å². The van der Waals surface area contributed by atoms with Crippen molar-refractivity contribution in [2.75, 3.05) is 19.7 Å². The smallest absolute Gasteiger partial charge is 0.333 e. The molecule has 0 spiro atoms. The Morgan fingerprint density at radius 2 is 1.76 bits per heavy atom. The van der Waals surface area contributed by atoms with Crippen molar-refractivity contribution in [3.05, 3.63) is 37.5 Å². The molecule has 0 aromatic carbocycles. The number of allylic oxidation sites excluding steroid dienone is 1. The fourth-order valence-corrected chi connectivity index (χ4v) is 1.54. The van der Waals surface area contributed by atoms with Crippen LogP contribution in [0.2, 0.25) is 0 Å². The Balaban J connectivity index is 4.15. The van der Waals surface area contributed by atoms with Gasteiger partial charge in [-0.2, -0.15) is 0 Å². The predicted octanol–water partition coefficient (Wildman–Crippen LogP) is 2.05. The third-order valence-electron chi connectivity index (χ3n) is 2.76. The van der Waals surface area contributed by atoms with Gasteiger partial charge in [-0.05, 0) is 31.9 Å². The summed E-state index contributed by atoms with van der Waals surface area (Å²) in [5.41, 5.74) is 0.319. The first kappa shape index (κ1) is 18.8. The second kappa shape index (κ2) is 10.6. The van der Waals surface area contributed by atoms with E-state index < -0.39 is 5.97 Å². The Morgan fingerprint density at radius 3 is 2.29 bits per heavy atom. The molecule has 0 aromatic heterocycles. The average Bonchev–Trinajstić information content (AvgIpc) is 2.47. The molecule has 0 N–H and O–H groups in total. The summed E-state index contributed by atoms with van der Waals surface area (Å²) in [4.78, 5) is 35.5. The molecule has 0 bridgehead atoms. The highest BCUT2D eigenvalue weighted by Crippen LogP contribution is 2.02. The average molecular weight is 293 g/mol. The topological polar surface area (TPSA) is 63.7 Å². The summed E-state index contributed by atoms with van der Waals surface area (Å²) in [5, 5.41) is 0. The Labute approximate surface area is 126 Å². The molecule has 21 heavy (non-hydrogen) atoms. The van der Waals surface area contributed by atoms with Crippen LogP contribution in [0.3, 0.4) is 0 Å². The molecule has 0 aliphatic heterocycles. The standard InChI is InChI=1S/C16H23NO4/c1-5-14(18)9-7-8-10-17(15(19)6-2)11-12-21-16(20)13(3)4/h5-6H,1-3,7-12H2,4H3. The van der Waals surface area contributed by atoms with Crippen LogP contribution in [0.5, 0.6) is 0 Å². The molecule has 0 radical (unpaired) electrons. The molecule has 1 amide bonds. The summed E-state index contributed by atoms with van der Waals surface area (Å²) in [6, 6.07) is 0. The number of ketones is 1. The number of unbranched alkanes of at least 4 members (excludes halogenated alkanes) is 1. The molecule has 0 fully saturated rings. The molecule has 0 unspecified atom stereocenters. The maximum absolute atomic E-state index is 11.7. The minimum Gasteiger partial charge on any atom is -0.460 e. The molecule has 116 valence electrons. The fraction of sp³-hybridized carbons (Fsp3) is 0.438. The van der Waals surface area contributed by atoms with Crippen LogP contribution >= 0.6 is 0 Å². The minimum absolute atomic E-state index is 0.00742. The van der Waals surface area contributed by atoms with Crippen LogP contribution in [0.4, 0.5) is 0 Å². The van der Waals surface area contributed by atoms with Gasteiger partial charge < -0.3 is 9.64 Å². The van der Waals surface area contributed by atoms with Crippen LogP contribution in [-0.2, 0) is 19.1 Å². The Morgan fingerprint density at radius 1 is 1.10 bits per heavy atom. The molecule has 0 atom stereocenters. The summed E-state index contributed by atoms with van der Waals surface area (Å²) in [6.07, 6.45) is 4.30. The largest absolute Gasteiger partial charge is 0.460 e. The lowest BCUT2D eigenvalue weighted by molar-refractivity contribution is -0.141. The molecule has 0 saturated heterocycles. The van der Waals surface area contributed by atoms with Gasteiger partial charge in [0.2, 0.25) is 5.91 Å². The van der Waals surface area contributed by atoms with Crippen molar-refractivity contribution < 1.29 is 19.1 Å². The highest BCUT2D eigenvalue weighted by atomic mass is 16.5. The van der Waals surface area contributed by atoms with Crippen LogP contribution in [0.25, 0.3) is 0 Å². The molecule has 0 aromatic rings. The monoisotopic (exact) mass is 293 g/mol. The van der Waals surface area contributed by atoms with E-state index in [-0.39, 0.29) is 18.3 Å². The Hall–Kier alpha value is -2.17. The van der Waals surface area contributed by atoms with Crippen LogP contribution in [0.1, 0.15) is 26.2 Å². The summed E-state index contributed by atoms with van der Waals surface area (Å²) < 4.78 is 4.96. The normalized spacial score (nSPS) is 9.57. The number of hydrogen-bond acceptors (Lipinski definition) is 4. The van der Waals surface area contributed by atoms with Crippen LogP contribution in [-0.4, -0.2) is 42.3 Å². The van der Waals surface area contributed by atoms with Crippen molar-refractivity contribution in [1.82, 2.24) is 4.90 Å². The third-order valence-corrected chi connectivity index (χ3v) is 2.76. The number of hydrogen-bond donors (Lipinski definition) is 0. The molecule has 0 heterocycles. The molecule has 0 rings (SSSR count). The summed E-state index contributed by atoms with van der Waals surface area (Å²) in [6.45, 7) is 12.8. The highest BCUT2D eigenvalue weighted by Gasteiger charge is 2.11. The van der Waals surface area contributed by atoms with Gasteiger partial charge in [-0.25, -0.2) is 4.79 Å². The number of ether oxygens (including phenoxy) is 1. The molecule has 5 nitrogen and oxygen atoms in total. The van der Waals surface area contributed by atoms with Crippen molar-refractivity contribution in [3.8, 4) is 0 Å². The zero-order valence-corrected chi connectivity index (χ0v) is 12.6. The lowest BCUT2D eigenvalue weighted by atomic mass is 10.1.